The van der Waals surface area contributed by atoms with E-state index in [0.717, 1.165) is 5.57 Å². The molecule has 1 amide bonds. The summed E-state index contributed by atoms with van der Waals surface area (Å²) in [5.41, 5.74) is -1.80. The highest BCUT2D eigenvalue weighted by atomic mass is 16.6. The van der Waals surface area contributed by atoms with E-state index < -0.39 is 16.8 Å². The molecule has 5 heteroatoms. The van der Waals surface area contributed by atoms with Gasteiger partial charge < -0.3 is 19.8 Å². The number of amides is 1. The Balaban J connectivity index is 2.61. The van der Waals surface area contributed by atoms with Gasteiger partial charge in [0.2, 0.25) is 0 Å². The van der Waals surface area contributed by atoms with Gasteiger partial charge in [0.05, 0.1) is 11.2 Å². The normalized spacial score (nSPS) is 19.8. The van der Waals surface area contributed by atoms with Crippen molar-refractivity contribution in [2.45, 2.75) is 71.2 Å². The first-order valence-corrected chi connectivity index (χ1v) is 7.42. The number of nitrogens with zero attached hydrogens (tertiary/aromatic N) is 1. The van der Waals surface area contributed by atoms with E-state index in [2.05, 4.69) is 0 Å². The summed E-state index contributed by atoms with van der Waals surface area (Å²) in [5, 5.41) is 20.3. The van der Waals surface area contributed by atoms with Crippen molar-refractivity contribution in [3.8, 4) is 0 Å². The fourth-order valence-electron chi connectivity index (χ4n) is 2.02. The van der Waals surface area contributed by atoms with Crippen LogP contribution in [0.2, 0.25) is 0 Å². The quantitative estimate of drug-likeness (QED) is 0.785. The lowest BCUT2D eigenvalue weighted by Crippen LogP contribution is -2.48. The summed E-state index contributed by atoms with van der Waals surface area (Å²) < 4.78 is 5.34. The second-order valence-electron chi connectivity index (χ2n) is 7.55. The van der Waals surface area contributed by atoms with E-state index in [9.17, 15) is 15.0 Å². The summed E-state index contributed by atoms with van der Waals surface area (Å²) in [7, 11) is 0. The van der Waals surface area contributed by atoms with Gasteiger partial charge in [-0.3, -0.25) is 0 Å². The van der Waals surface area contributed by atoms with E-state index >= 15 is 0 Å². The zero-order valence-corrected chi connectivity index (χ0v) is 14.1. The predicted octanol–water partition coefficient (Wildman–Crippen LogP) is 2.47. The molecule has 1 rings (SSSR count). The Bertz CT molecular complexity index is 413. The molecule has 122 valence electrons. The van der Waals surface area contributed by atoms with Crippen molar-refractivity contribution in [1.29, 1.82) is 0 Å². The molecule has 0 radical (unpaired) electrons. The maximum absolute atomic E-state index is 11.9. The molecule has 0 saturated carbocycles. The zero-order valence-electron chi connectivity index (χ0n) is 14.1. The molecular weight excluding hydrogens is 270 g/mol. The van der Waals surface area contributed by atoms with Crippen LogP contribution in [0.1, 0.15) is 54.4 Å². The van der Waals surface area contributed by atoms with Crippen molar-refractivity contribution in [3.05, 3.63) is 11.6 Å². The van der Waals surface area contributed by atoms with Gasteiger partial charge in [0, 0.05) is 13.1 Å². The van der Waals surface area contributed by atoms with Crippen LogP contribution in [0.25, 0.3) is 0 Å². The van der Waals surface area contributed by atoms with Crippen LogP contribution in [0.4, 0.5) is 4.79 Å². The number of ether oxygens (including phenoxy) is 1. The fraction of sp³-hybridized carbons (Fsp3) is 0.812. The fourth-order valence-corrected chi connectivity index (χ4v) is 2.02. The molecule has 2 N–H and O–H groups in total. The van der Waals surface area contributed by atoms with E-state index in [4.69, 9.17) is 4.74 Å². The number of carbonyl (C=O) groups excluding carboxylic acids is 1. The van der Waals surface area contributed by atoms with Crippen molar-refractivity contribution in [1.82, 2.24) is 4.90 Å². The van der Waals surface area contributed by atoms with Crippen LogP contribution in [0.5, 0.6) is 0 Å². The van der Waals surface area contributed by atoms with Crippen molar-refractivity contribution >= 4 is 6.09 Å². The molecule has 0 saturated heterocycles. The van der Waals surface area contributed by atoms with Crippen LogP contribution in [0.3, 0.4) is 0 Å². The van der Waals surface area contributed by atoms with E-state index in [0.29, 0.717) is 25.9 Å². The van der Waals surface area contributed by atoms with Gasteiger partial charge in [-0.15, -0.1) is 0 Å². The molecule has 0 aromatic carbocycles. The van der Waals surface area contributed by atoms with Crippen LogP contribution in [-0.2, 0) is 4.74 Å². The molecule has 0 spiro atoms. The lowest BCUT2D eigenvalue weighted by molar-refractivity contribution is -0.119. The molecule has 1 heterocycles. The number of aliphatic hydroxyl groups is 2. The van der Waals surface area contributed by atoms with E-state index in [-0.39, 0.29) is 6.09 Å². The van der Waals surface area contributed by atoms with Crippen LogP contribution in [0.15, 0.2) is 11.6 Å². The van der Waals surface area contributed by atoms with Crippen LogP contribution < -0.4 is 0 Å². The van der Waals surface area contributed by atoms with Gasteiger partial charge in [-0.2, -0.15) is 0 Å². The molecule has 1 unspecified atom stereocenters. The summed E-state index contributed by atoms with van der Waals surface area (Å²) in [6, 6.07) is 0. The second kappa shape index (κ2) is 5.97. The smallest absolute Gasteiger partial charge is 0.410 e. The third kappa shape index (κ3) is 5.32. The van der Waals surface area contributed by atoms with E-state index in [1.165, 1.54) is 0 Å². The van der Waals surface area contributed by atoms with Gasteiger partial charge in [-0.05, 0) is 54.4 Å². The molecule has 0 aliphatic carbocycles. The summed E-state index contributed by atoms with van der Waals surface area (Å²) in [5.74, 6) is 0. The Labute approximate surface area is 127 Å². The largest absolute Gasteiger partial charge is 0.444 e. The molecule has 21 heavy (non-hydrogen) atoms. The maximum atomic E-state index is 11.9. The maximum Gasteiger partial charge on any atom is 0.410 e. The predicted molar refractivity (Wildman–Crippen MR) is 82.0 cm³/mol. The Morgan fingerprint density at radius 3 is 2.19 bits per heavy atom. The van der Waals surface area contributed by atoms with Crippen molar-refractivity contribution in [2.75, 3.05) is 13.1 Å². The zero-order chi connectivity index (χ0) is 16.5. The van der Waals surface area contributed by atoms with E-state index in [1.807, 2.05) is 26.8 Å². The van der Waals surface area contributed by atoms with Gasteiger partial charge in [-0.25, -0.2) is 4.79 Å². The summed E-state index contributed by atoms with van der Waals surface area (Å²) in [6.45, 7) is 11.4. The average molecular weight is 299 g/mol. The van der Waals surface area contributed by atoms with Crippen LogP contribution >= 0.6 is 0 Å². The highest BCUT2D eigenvalue weighted by molar-refractivity contribution is 5.68. The lowest BCUT2D eigenvalue weighted by atomic mass is 9.81. The molecule has 1 aliphatic rings. The van der Waals surface area contributed by atoms with Crippen LogP contribution in [0, 0.1) is 0 Å². The standard InChI is InChI=1S/C16H29NO4/c1-14(2,3)21-13(18)17-9-7-12(8-10-17)11-16(6,20)15(4,5)19/h7,19-20H,8-11H2,1-6H3. The van der Waals surface area contributed by atoms with Crippen molar-refractivity contribution in [2.24, 2.45) is 0 Å². The Morgan fingerprint density at radius 1 is 1.24 bits per heavy atom. The minimum atomic E-state index is -1.19. The first-order chi connectivity index (χ1) is 9.32. The molecule has 5 nitrogen and oxygen atoms in total. The number of carbonyl (C=O) groups is 1. The second-order valence-corrected chi connectivity index (χ2v) is 7.55. The Kier molecular flexibility index (Phi) is 5.11. The van der Waals surface area contributed by atoms with Gasteiger partial charge in [0.15, 0.2) is 0 Å². The van der Waals surface area contributed by atoms with Gasteiger partial charge in [0.1, 0.15) is 5.60 Å². The number of hydrogen-bond acceptors (Lipinski definition) is 4. The molecule has 0 bridgehead atoms. The summed E-state index contributed by atoms with van der Waals surface area (Å²) >= 11 is 0. The van der Waals surface area contributed by atoms with Gasteiger partial charge in [-0.1, -0.05) is 11.6 Å². The highest BCUT2D eigenvalue weighted by Gasteiger charge is 2.38. The Hall–Kier alpha value is -1.07. The monoisotopic (exact) mass is 299 g/mol. The van der Waals surface area contributed by atoms with Gasteiger partial charge >= 0.3 is 6.09 Å². The van der Waals surface area contributed by atoms with Crippen LogP contribution in [-0.4, -0.2) is 51.1 Å². The minimum absolute atomic E-state index is 0.313. The third-order valence-electron chi connectivity index (χ3n) is 3.84. The molecule has 1 atom stereocenters. The number of rotatable bonds is 3. The molecule has 0 fully saturated rings. The third-order valence-corrected chi connectivity index (χ3v) is 3.84. The molecule has 0 aromatic heterocycles. The highest BCUT2D eigenvalue weighted by Crippen LogP contribution is 2.30. The van der Waals surface area contributed by atoms with E-state index in [1.54, 1.807) is 25.7 Å². The Morgan fingerprint density at radius 2 is 1.81 bits per heavy atom. The SMILES string of the molecule is CC(C)(C)OC(=O)N1CC=C(CC(C)(O)C(C)(C)O)CC1. The molecule has 0 aromatic rings. The first kappa shape index (κ1) is 18.0. The molecule has 1 aliphatic heterocycles. The number of hydrogen-bond donors (Lipinski definition) is 2. The van der Waals surface area contributed by atoms with Crippen molar-refractivity contribution < 1.29 is 19.7 Å². The van der Waals surface area contributed by atoms with Gasteiger partial charge in [0.25, 0.3) is 0 Å². The molecular formula is C16H29NO4. The van der Waals surface area contributed by atoms with Crippen molar-refractivity contribution in [3.63, 3.8) is 0 Å². The lowest BCUT2D eigenvalue weighted by Gasteiger charge is -2.38. The summed E-state index contributed by atoms with van der Waals surface area (Å²) in [4.78, 5) is 13.6. The average Bonchev–Trinajstić information content (AvgIpc) is 2.25. The topological polar surface area (TPSA) is 70.0 Å². The minimum Gasteiger partial charge on any atom is -0.444 e. The first-order valence-electron chi connectivity index (χ1n) is 7.42. The summed E-state index contributed by atoms with van der Waals surface area (Å²) in [6.07, 6.45) is 2.71.